The zero-order valence-electron chi connectivity index (χ0n) is 11.8. The summed E-state index contributed by atoms with van der Waals surface area (Å²) in [6, 6.07) is 7.21. The lowest BCUT2D eigenvalue weighted by Gasteiger charge is -2.05. The Morgan fingerprint density at radius 2 is 1.58 bits per heavy atom. The molecule has 0 bridgehead atoms. The third-order valence-electron chi connectivity index (χ3n) is 3.14. The lowest BCUT2D eigenvalue weighted by atomic mass is 10.1. The molecule has 0 aliphatic heterocycles. The average Bonchev–Trinajstić information content (AvgIpc) is 2.40. The number of carbonyl (C=O) groups is 1. The molecule has 1 N–H and O–H groups in total. The van der Waals surface area contributed by atoms with Crippen molar-refractivity contribution in [3.8, 4) is 0 Å². The Morgan fingerprint density at radius 1 is 1.00 bits per heavy atom. The number of amides is 1. The number of hydrogen-bond acceptors (Lipinski definition) is 1. The standard InChI is InChI=1S/C16H24ClNO/c1-2-3-4-5-6-7-8-9-16(19)18-15-12-10-14(17)11-13-15/h10-13H,2-9H2,1H3,(H,18,19). The van der Waals surface area contributed by atoms with Crippen molar-refractivity contribution in [1.29, 1.82) is 0 Å². The van der Waals surface area contributed by atoms with Crippen molar-refractivity contribution in [2.24, 2.45) is 0 Å². The molecular formula is C16H24ClNO. The molecule has 0 heterocycles. The summed E-state index contributed by atoms with van der Waals surface area (Å²) in [6.07, 6.45) is 9.22. The normalized spacial score (nSPS) is 10.4. The van der Waals surface area contributed by atoms with Crippen LogP contribution in [0.4, 0.5) is 5.69 Å². The second kappa shape index (κ2) is 9.85. The van der Waals surface area contributed by atoms with Crippen LogP contribution in [0.15, 0.2) is 24.3 Å². The minimum absolute atomic E-state index is 0.0934. The van der Waals surface area contributed by atoms with Crippen LogP contribution in [0.3, 0.4) is 0 Å². The number of benzene rings is 1. The highest BCUT2D eigenvalue weighted by molar-refractivity contribution is 6.30. The Morgan fingerprint density at radius 3 is 2.21 bits per heavy atom. The highest BCUT2D eigenvalue weighted by Gasteiger charge is 2.02. The van der Waals surface area contributed by atoms with Crippen molar-refractivity contribution in [3.05, 3.63) is 29.3 Å². The van der Waals surface area contributed by atoms with Gasteiger partial charge in [-0.15, -0.1) is 0 Å². The van der Waals surface area contributed by atoms with Crippen LogP contribution in [-0.4, -0.2) is 5.91 Å². The lowest BCUT2D eigenvalue weighted by molar-refractivity contribution is -0.116. The van der Waals surface area contributed by atoms with Crippen LogP contribution < -0.4 is 5.32 Å². The van der Waals surface area contributed by atoms with E-state index in [1.165, 1.54) is 32.1 Å². The first-order valence-electron chi connectivity index (χ1n) is 7.28. The van der Waals surface area contributed by atoms with Gasteiger partial charge in [-0.1, -0.05) is 57.0 Å². The Kier molecular flexibility index (Phi) is 8.31. The summed E-state index contributed by atoms with van der Waals surface area (Å²) in [5.74, 6) is 0.0934. The topological polar surface area (TPSA) is 29.1 Å². The SMILES string of the molecule is CCCCCCCCCC(=O)Nc1ccc(Cl)cc1. The van der Waals surface area contributed by atoms with E-state index in [2.05, 4.69) is 12.2 Å². The molecule has 0 saturated heterocycles. The second-order valence-corrected chi connectivity index (χ2v) is 5.36. The fourth-order valence-corrected chi connectivity index (χ4v) is 2.13. The highest BCUT2D eigenvalue weighted by atomic mass is 35.5. The molecule has 1 aromatic rings. The van der Waals surface area contributed by atoms with E-state index < -0.39 is 0 Å². The molecule has 0 radical (unpaired) electrons. The number of unbranched alkanes of at least 4 members (excludes halogenated alkanes) is 6. The van der Waals surface area contributed by atoms with Gasteiger partial charge in [-0.2, -0.15) is 0 Å². The zero-order valence-corrected chi connectivity index (χ0v) is 12.5. The summed E-state index contributed by atoms with van der Waals surface area (Å²) in [6.45, 7) is 2.22. The molecule has 0 saturated carbocycles. The maximum absolute atomic E-state index is 11.7. The van der Waals surface area contributed by atoms with Gasteiger partial charge in [-0.3, -0.25) is 4.79 Å². The number of anilines is 1. The number of halogens is 1. The van der Waals surface area contributed by atoms with Crippen molar-refractivity contribution < 1.29 is 4.79 Å². The molecule has 0 aliphatic rings. The maximum Gasteiger partial charge on any atom is 0.224 e. The Bertz CT molecular complexity index is 362. The van der Waals surface area contributed by atoms with Crippen LogP contribution in [-0.2, 0) is 4.79 Å². The van der Waals surface area contributed by atoms with Gasteiger partial charge in [-0.05, 0) is 30.7 Å². The molecule has 0 spiro atoms. The van der Waals surface area contributed by atoms with Gasteiger partial charge in [0.15, 0.2) is 0 Å². The fraction of sp³-hybridized carbons (Fsp3) is 0.562. The summed E-state index contributed by atoms with van der Waals surface area (Å²) in [4.78, 5) is 11.7. The van der Waals surface area contributed by atoms with Crippen LogP contribution in [0.1, 0.15) is 58.3 Å². The molecular weight excluding hydrogens is 258 g/mol. The molecule has 3 heteroatoms. The largest absolute Gasteiger partial charge is 0.326 e. The van der Waals surface area contributed by atoms with E-state index in [1.807, 2.05) is 12.1 Å². The third-order valence-corrected chi connectivity index (χ3v) is 3.39. The first kappa shape index (κ1) is 16.0. The quantitative estimate of drug-likeness (QED) is 0.602. The maximum atomic E-state index is 11.7. The van der Waals surface area contributed by atoms with E-state index in [4.69, 9.17) is 11.6 Å². The molecule has 1 amide bonds. The summed E-state index contributed by atoms with van der Waals surface area (Å²) in [5, 5.41) is 3.57. The Labute approximate surface area is 121 Å². The Balaban J connectivity index is 2.06. The van der Waals surface area contributed by atoms with Crippen molar-refractivity contribution in [3.63, 3.8) is 0 Å². The second-order valence-electron chi connectivity index (χ2n) is 4.93. The zero-order chi connectivity index (χ0) is 13.9. The van der Waals surface area contributed by atoms with Gasteiger partial charge in [0.1, 0.15) is 0 Å². The molecule has 2 nitrogen and oxygen atoms in total. The summed E-state index contributed by atoms with van der Waals surface area (Å²) < 4.78 is 0. The summed E-state index contributed by atoms with van der Waals surface area (Å²) in [7, 11) is 0. The van der Waals surface area contributed by atoms with E-state index in [-0.39, 0.29) is 5.91 Å². The van der Waals surface area contributed by atoms with Crippen molar-refractivity contribution in [2.45, 2.75) is 58.3 Å². The van der Waals surface area contributed by atoms with Gasteiger partial charge >= 0.3 is 0 Å². The van der Waals surface area contributed by atoms with E-state index in [1.54, 1.807) is 12.1 Å². The minimum atomic E-state index is 0.0934. The summed E-state index contributed by atoms with van der Waals surface area (Å²) in [5.41, 5.74) is 0.817. The van der Waals surface area contributed by atoms with Crippen molar-refractivity contribution >= 4 is 23.2 Å². The van der Waals surface area contributed by atoms with Crippen molar-refractivity contribution in [2.75, 3.05) is 5.32 Å². The predicted molar refractivity (Wildman–Crippen MR) is 82.7 cm³/mol. The molecule has 0 aliphatic carbocycles. The predicted octanol–water partition coefficient (Wildman–Crippen LogP) is 5.42. The number of nitrogens with one attached hydrogen (secondary N) is 1. The Hall–Kier alpha value is -1.02. The minimum Gasteiger partial charge on any atom is -0.326 e. The number of hydrogen-bond donors (Lipinski definition) is 1. The molecule has 0 aromatic heterocycles. The van der Waals surface area contributed by atoms with Gasteiger partial charge in [-0.25, -0.2) is 0 Å². The molecule has 0 fully saturated rings. The molecule has 19 heavy (non-hydrogen) atoms. The number of rotatable bonds is 9. The average molecular weight is 282 g/mol. The first-order valence-corrected chi connectivity index (χ1v) is 7.65. The van der Waals surface area contributed by atoms with E-state index in [9.17, 15) is 4.79 Å². The lowest BCUT2D eigenvalue weighted by Crippen LogP contribution is -2.10. The molecule has 0 atom stereocenters. The van der Waals surface area contributed by atoms with Crippen molar-refractivity contribution in [1.82, 2.24) is 0 Å². The van der Waals surface area contributed by atoms with Crippen LogP contribution in [0.25, 0.3) is 0 Å². The smallest absolute Gasteiger partial charge is 0.224 e. The third kappa shape index (κ3) is 7.89. The van der Waals surface area contributed by atoms with Crippen LogP contribution in [0.2, 0.25) is 5.02 Å². The van der Waals surface area contributed by atoms with Gasteiger partial charge < -0.3 is 5.32 Å². The van der Waals surface area contributed by atoms with Gasteiger partial charge in [0.2, 0.25) is 5.91 Å². The number of carbonyl (C=O) groups excluding carboxylic acids is 1. The summed E-state index contributed by atoms with van der Waals surface area (Å²) >= 11 is 5.79. The van der Waals surface area contributed by atoms with Gasteiger partial charge in [0.05, 0.1) is 0 Å². The van der Waals surface area contributed by atoms with Gasteiger partial charge in [0.25, 0.3) is 0 Å². The van der Waals surface area contributed by atoms with Gasteiger partial charge in [0, 0.05) is 17.1 Å². The van der Waals surface area contributed by atoms with Crippen LogP contribution >= 0.6 is 11.6 Å². The van der Waals surface area contributed by atoms with Crippen LogP contribution in [0.5, 0.6) is 0 Å². The fourth-order valence-electron chi connectivity index (χ4n) is 2.00. The molecule has 0 unspecified atom stereocenters. The molecule has 1 rings (SSSR count). The molecule has 1 aromatic carbocycles. The highest BCUT2D eigenvalue weighted by Crippen LogP contribution is 2.14. The monoisotopic (exact) mass is 281 g/mol. The first-order chi connectivity index (χ1) is 9.22. The van der Waals surface area contributed by atoms with Crippen LogP contribution in [0, 0.1) is 0 Å². The van der Waals surface area contributed by atoms with E-state index in [0.29, 0.717) is 11.4 Å². The van der Waals surface area contributed by atoms with E-state index in [0.717, 1.165) is 18.5 Å². The molecule has 106 valence electrons. The van der Waals surface area contributed by atoms with E-state index >= 15 is 0 Å².